The molecular formula is C20H21BrN4O. The van der Waals surface area contributed by atoms with E-state index in [1.807, 2.05) is 18.3 Å². The van der Waals surface area contributed by atoms with Crippen LogP contribution in [0.4, 0.5) is 0 Å². The molecule has 2 aromatic carbocycles. The molecule has 0 bridgehead atoms. The maximum absolute atomic E-state index is 9.90. The number of aromatic nitrogens is 2. The first kappa shape index (κ1) is 17.1. The highest BCUT2D eigenvalue weighted by atomic mass is 79.9. The van der Waals surface area contributed by atoms with Crippen molar-refractivity contribution in [3.8, 4) is 5.75 Å². The molecule has 0 radical (unpaired) electrons. The Kier molecular flexibility index (Phi) is 4.48. The number of benzene rings is 2. The standard InChI is InChI=1S/C20H21BrN4O/c21-11-1-3-13-17(10-24-19(13)7-11)16(9-23)20-14(5-6-22)15-8-12(26)2-4-18(15)25-20/h1-4,7-8,10,16,24-26H,5-6,9,22-23H2/t16-/m0/s1. The van der Waals surface area contributed by atoms with Crippen molar-refractivity contribution in [1.29, 1.82) is 0 Å². The lowest BCUT2D eigenvalue weighted by Crippen LogP contribution is -2.16. The Morgan fingerprint density at radius 1 is 1.04 bits per heavy atom. The minimum Gasteiger partial charge on any atom is -0.508 e. The third-order valence-corrected chi connectivity index (χ3v) is 5.45. The number of aromatic hydroxyl groups is 1. The molecule has 0 aliphatic heterocycles. The van der Waals surface area contributed by atoms with E-state index in [1.165, 1.54) is 0 Å². The van der Waals surface area contributed by atoms with E-state index >= 15 is 0 Å². The molecule has 5 nitrogen and oxygen atoms in total. The minimum atomic E-state index is 0.0148. The summed E-state index contributed by atoms with van der Waals surface area (Å²) in [5, 5.41) is 12.1. The third kappa shape index (κ3) is 2.80. The zero-order chi connectivity index (χ0) is 18.3. The van der Waals surface area contributed by atoms with E-state index in [1.54, 1.807) is 12.1 Å². The molecule has 2 aromatic heterocycles. The first-order valence-corrected chi connectivity index (χ1v) is 9.41. The fourth-order valence-corrected chi connectivity index (χ4v) is 4.14. The van der Waals surface area contributed by atoms with E-state index in [9.17, 15) is 5.11 Å². The molecule has 1 atom stereocenters. The molecule has 0 saturated heterocycles. The Morgan fingerprint density at radius 2 is 1.88 bits per heavy atom. The van der Waals surface area contributed by atoms with Crippen LogP contribution in [0.5, 0.6) is 5.75 Å². The number of H-pyrrole nitrogens is 2. The number of phenols is 1. The van der Waals surface area contributed by atoms with Crippen LogP contribution >= 0.6 is 15.9 Å². The number of nitrogens with two attached hydrogens (primary N) is 2. The molecule has 4 aromatic rings. The van der Waals surface area contributed by atoms with Crippen molar-refractivity contribution < 1.29 is 5.11 Å². The summed E-state index contributed by atoms with van der Waals surface area (Å²) in [5.74, 6) is 0.267. The van der Waals surface area contributed by atoms with Crippen molar-refractivity contribution in [2.75, 3.05) is 13.1 Å². The summed E-state index contributed by atoms with van der Waals surface area (Å²) >= 11 is 3.51. The molecular weight excluding hydrogens is 392 g/mol. The molecule has 4 rings (SSSR count). The fraction of sp³-hybridized carbons (Fsp3) is 0.200. The van der Waals surface area contributed by atoms with Crippen LogP contribution in [0.1, 0.15) is 22.7 Å². The van der Waals surface area contributed by atoms with Gasteiger partial charge in [-0.1, -0.05) is 22.0 Å². The van der Waals surface area contributed by atoms with E-state index in [0.717, 1.165) is 49.5 Å². The lowest BCUT2D eigenvalue weighted by atomic mass is 9.91. The summed E-state index contributed by atoms with van der Waals surface area (Å²) in [6, 6.07) is 11.6. The zero-order valence-electron chi connectivity index (χ0n) is 14.2. The van der Waals surface area contributed by atoms with Crippen LogP contribution < -0.4 is 11.5 Å². The molecule has 0 saturated carbocycles. The summed E-state index contributed by atoms with van der Waals surface area (Å²) in [6.07, 6.45) is 2.76. The van der Waals surface area contributed by atoms with Crippen LogP contribution in [0.3, 0.4) is 0 Å². The third-order valence-electron chi connectivity index (χ3n) is 4.95. The van der Waals surface area contributed by atoms with Gasteiger partial charge < -0.3 is 26.5 Å². The smallest absolute Gasteiger partial charge is 0.116 e. The fourth-order valence-electron chi connectivity index (χ4n) is 3.78. The highest BCUT2D eigenvalue weighted by molar-refractivity contribution is 9.10. The van der Waals surface area contributed by atoms with Gasteiger partial charge >= 0.3 is 0 Å². The van der Waals surface area contributed by atoms with Gasteiger partial charge in [0, 0.05) is 50.6 Å². The van der Waals surface area contributed by atoms with Crippen LogP contribution in [0.25, 0.3) is 21.8 Å². The Morgan fingerprint density at radius 3 is 2.65 bits per heavy atom. The largest absolute Gasteiger partial charge is 0.508 e. The monoisotopic (exact) mass is 412 g/mol. The molecule has 0 unspecified atom stereocenters. The molecule has 2 heterocycles. The maximum Gasteiger partial charge on any atom is 0.116 e. The minimum absolute atomic E-state index is 0.0148. The summed E-state index contributed by atoms with van der Waals surface area (Å²) in [6.45, 7) is 1.01. The molecule has 7 N–H and O–H groups in total. The lowest BCUT2D eigenvalue weighted by molar-refractivity contribution is 0.476. The summed E-state index contributed by atoms with van der Waals surface area (Å²) < 4.78 is 1.03. The average Bonchev–Trinajstić information content (AvgIpc) is 3.18. The number of nitrogens with one attached hydrogen (secondary N) is 2. The van der Waals surface area contributed by atoms with Crippen LogP contribution in [0.15, 0.2) is 47.1 Å². The zero-order valence-corrected chi connectivity index (χ0v) is 15.8. The molecule has 0 amide bonds. The maximum atomic E-state index is 9.90. The molecule has 0 aliphatic carbocycles. The summed E-state index contributed by atoms with van der Waals surface area (Å²) in [4.78, 5) is 6.87. The van der Waals surface area contributed by atoms with E-state index < -0.39 is 0 Å². The van der Waals surface area contributed by atoms with E-state index in [2.05, 4.69) is 38.0 Å². The van der Waals surface area contributed by atoms with E-state index in [0.29, 0.717) is 13.1 Å². The molecule has 0 aliphatic rings. The number of fused-ring (bicyclic) bond motifs is 2. The molecule has 0 fully saturated rings. The second-order valence-corrected chi connectivity index (χ2v) is 7.42. The lowest BCUT2D eigenvalue weighted by Gasteiger charge is -2.16. The predicted octanol–water partition coefficient (Wildman–Crippen LogP) is 3.71. The van der Waals surface area contributed by atoms with Gasteiger partial charge in [0.1, 0.15) is 5.75 Å². The van der Waals surface area contributed by atoms with Crippen LogP contribution in [0.2, 0.25) is 0 Å². The van der Waals surface area contributed by atoms with Crippen LogP contribution in [0, 0.1) is 0 Å². The number of aromatic amines is 2. The quantitative estimate of drug-likeness (QED) is 0.345. The van der Waals surface area contributed by atoms with Crippen molar-refractivity contribution in [3.05, 3.63) is 63.9 Å². The van der Waals surface area contributed by atoms with Gasteiger partial charge in [0.15, 0.2) is 0 Å². The van der Waals surface area contributed by atoms with Crippen molar-refractivity contribution >= 4 is 37.7 Å². The van der Waals surface area contributed by atoms with Gasteiger partial charge in [-0.25, -0.2) is 0 Å². The number of rotatable bonds is 5. The first-order chi connectivity index (χ1) is 12.6. The van der Waals surface area contributed by atoms with Crippen LogP contribution in [-0.4, -0.2) is 28.2 Å². The van der Waals surface area contributed by atoms with Crippen LogP contribution in [-0.2, 0) is 6.42 Å². The second-order valence-electron chi connectivity index (χ2n) is 6.51. The number of phenolic OH excluding ortho intramolecular Hbond substituents is 1. The van der Waals surface area contributed by atoms with Gasteiger partial charge in [0.2, 0.25) is 0 Å². The highest BCUT2D eigenvalue weighted by Gasteiger charge is 2.23. The van der Waals surface area contributed by atoms with Gasteiger partial charge in [0.25, 0.3) is 0 Å². The molecule has 6 heteroatoms. The number of hydrogen-bond acceptors (Lipinski definition) is 3. The molecule has 0 spiro atoms. The second kappa shape index (κ2) is 6.79. The molecule has 26 heavy (non-hydrogen) atoms. The first-order valence-electron chi connectivity index (χ1n) is 8.62. The SMILES string of the molecule is NCCc1c([C@@H](CN)c2c[nH]c3cc(Br)ccc23)[nH]c2ccc(O)cc12. The topological polar surface area (TPSA) is 104 Å². The van der Waals surface area contributed by atoms with Gasteiger partial charge in [-0.3, -0.25) is 0 Å². The van der Waals surface area contributed by atoms with Gasteiger partial charge in [-0.05, 0) is 54.4 Å². The number of hydrogen-bond donors (Lipinski definition) is 5. The Hall–Kier alpha value is -2.28. The molecule has 134 valence electrons. The normalized spacial score (nSPS) is 12.9. The van der Waals surface area contributed by atoms with Crippen molar-refractivity contribution in [3.63, 3.8) is 0 Å². The van der Waals surface area contributed by atoms with Crippen molar-refractivity contribution in [1.82, 2.24) is 9.97 Å². The van der Waals surface area contributed by atoms with Gasteiger partial charge in [-0.15, -0.1) is 0 Å². The summed E-state index contributed by atoms with van der Waals surface area (Å²) in [7, 11) is 0. The average molecular weight is 413 g/mol. The van der Waals surface area contributed by atoms with Gasteiger partial charge in [0.05, 0.1) is 0 Å². The predicted molar refractivity (Wildman–Crippen MR) is 110 cm³/mol. The Bertz CT molecular complexity index is 1080. The van der Waals surface area contributed by atoms with E-state index in [-0.39, 0.29) is 11.7 Å². The Labute approximate surface area is 159 Å². The van der Waals surface area contributed by atoms with Crippen molar-refractivity contribution in [2.24, 2.45) is 11.5 Å². The highest BCUT2D eigenvalue weighted by Crippen LogP contribution is 2.36. The van der Waals surface area contributed by atoms with Crippen molar-refractivity contribution in [2.45, 2.75) is 12.3 Å². The Balaban J connectivity index is 1.92. The summed E-state index contributed by atoms with van der Waals surface area (Å²) in [5.41, 5.74) is 17.5. The van der Waals surface area contributed by atoms with E-state index in [4.69, 9.17) is 11.5 Å². The number of halogens is 1. The van der Waals surface area contributed by atoms with Gasteiger partial charge in [-0.2, -0.15) is 0 Å².